The molecule has 1 saturated heterocycles. The number of fused-ring (bicyclic) bond motifs is 1. The van der Waals surface area contributed by atoms with Gasteiger partial charge in [-0.15, -0.1) is 0 Å². The Kier molecular flexibility index (Phi) is 5.65. The van der Waals surface area contributed by atoms with Gasteiger partial charge in [-0.3, -0.25) is 4.79 Å². The zero-order valence-corrected chi connectivity index (χ0v) is 16.7. The number of aromatic amines is 1. The number of urea groups is 1. The quantitative estimate of drug-likeness (QED) is 0.667. The molecule has 0 saturated carbocycles. The van der Waals surface area contributed by atoms with Crippen LogP contribution in [0.4, 0.5) is 4.79 Å². The van der Waals surface area contributed by atoms with Gasteiger partial charge in [0.25, 0.3) is 0 Å². The fourth-order valence-corrected chi connectivity index (χ4v) is 4.25. The van der Waals surface area contributed by atoms with Crippen LogP contribution in [0.2, 0.25) is 0 Å². The van der Waals surface area contributed by atoms with Crippen LogP contribution >= 0.6 is 0 Å². The first-order valence-corrected chi connectivity index (χ1v) is 10.3. The molecule has 2 amide bonds. The van der Waals surface area contributed by atoms with Gasteiger partial charge in [0.1, 0.15) is 0 Å². The number of hydrogen-bond acceptors (Lipinski definition) is 2. The third-order valence-electron chi connectivity index (χ3n) is 5.84. The molecule has 0 radical (unpaired) electrons. The molecule has 2 heterocycles. The molecule has 150 valence electrons. The number of nitrogens with one attached hydrogen (secondary N) is 2. The van der Waals surface area contributed by atoms with Gasteiger partial charge in [-0.25, -0.2) is 4.79 Å². The summed E-state index contributed by atoms with van der Waals surface area (Å²) in [5.41, 5.74) is 3.32. The number of Topliss-reactive ketones (excluding diaryl/α,β-unsaturated/α-hetero) is 1. The smallest absolute Gasteiger partial charge is 0.318 e. The highest BCUT2D eigenvalue weighted by molar-refractivity contribution is 5.89. The first kappa shape index (κ1) is 19.2. The minimum absolute atomic E-state index is 0.0255. The van der Waals surface area contributed by atoms with E-state index in [0.29, 0.717) is 6.42 Å². The molecular formula is C24H27N3O2. The summed E-state index contributed by atoms with van der Waals surface area (Å²) < 4.78 is 0. The van der Waals surface area contributed by atoms with E-state index in [-0.39, 0.29) is 17.9 Å². The zero-order chi connectivity index (χ0) is 20.2. The van der Waals surface area contributed by atoms with Crippen molar-refractivity contribution >= 4 is 22.7 Å². The summed E-state index contributed by atoms with van der Waals surface area (Å²) in [6.07, 6.45) is 5.26. The Morgan fingerprint density at radius 2 is 1.90 bits per heavy atom. The number of amides is 2. The van der Waals surface area contributed by atoms with E-state index in [4.69, 9.17) is 0 Å². The maximum absolute atomic E-state index is 13.0. The van der Waals surface area contributed by atoms with Crippen molar-refractivity contribution in [2.45, 2.75) is 44.7 Å². The van der Waals surface area contributed by atoms with E-state index in [2.05, 4.69) is 22.4 Å². The summed E-state index contributed by atoms with van der Waals surface area (Å²) in [7, 11) is 0. The van der Waals surface area contributed by atoms with Crippen LogP contribution in [0.5, 0.6) is 0 Å². The molecule has 0 aliphatic carbocycles. The van der Waals surface area contributed by atoms with Gasteiger partial charge in [0.05, 0.1) is 6.04 Å². The van der Waals surface area contributed by atoms with Crippen LogP contribution in [0.3, 0.4) is 0 Å². The van der Waals surface area contributed by atoms with Crippen LogP contribution in [0, 0.1) is 0 Å². The van der Waals surface area contributed by atoms with Gasteiger partial charge in [0, 0.05) is 36.1 Å². The van der Waals surface area contributed by atoms with Gasteiger partial charge in [-0.1, -0.05) is 48.5 Å². The van der Waals surface area contributed by atoms with Crippen LogP contribution in [0.15, 0.2) is 60.8 Å². The molecule has 0 bridgehead atoms. The van der Waals surface area contributed by atoms with Crippen molar-refractivity contribution < 1.29 is 9.59 Å². The summed E-state index contributed by atoms with van der Waals surface area (Å²) >= 11 is 0. The lowest BCUT2D eigenvalue weighted by Gasteiger charge is -2.27. The Morgan fingerprint density at radius 1 is 1.14 bits per heavy atom. The van der Waals surface area contributed by atoms with Crippen LogP contribution in [-0.4, -0.2) is 40.3 Å². The SMILES string of the molecule is CC(=O)C(Cc1c[nH]c2ccccc12)NC(=O)N1CCCC1Cc1ccccc1. The number of ketones is 1. The molecule has 5 heteroatoms. The second-order valence-electron chi connectivity index (χ2n) is 7.86. The van der Waals surface area contributed by atoms with Crippen LogP contribution in [0.25, 0.3) is 10.9 Å². The van der Waals surface area contributed by atoms with Crippen molar-refractivity contribution in [3.05, 3.63) is 71.9 Å². The third kappa shape index (κ3) is 4.34. The van der Waals surface area contributed by atoms with Crippen molar-refractivity contribution in [1.82, 2.24) is 15.2 Å². The van der Waals surface area contributed by atoms with E-state index in [0.717, 1.165) is 42.3 Å². The fourth-order valence-electron chi connectivity index (χ4n) is 4.25. The number of carbonyl (C=O) groups excluding carboxylic acids is 2. The molecular weight excluding hydrogens is 362 g/mol. The first-order chi connectivity index (χ1) is 14.1. The number of benzene rings is 2. The molecule has 0 spiro atoms. The molecule has 4 rings (SSSR count). The molecule has 1 aliphatic heterocycles. The van der Waals surface area contributed by atoms with Crippen molar-refractivity contribution in [2.24, 2.45) is 0 Å². The molecule has 2 aromatic carbocycles. The maximum atomic E-state index is 13.0. The van der Waals surface area contributed by atoms with Crippen molar-refractivity contribution in [2.75, 3.05) is 6.54 Å². The number of nitrogens with zero attached hydrogens (tertiary/aromatic N) is 1. The highest BCUT2D eigenvalue weighted by Crippen LogP contribution is 2.22. The highest BCUT2D eigenvalue weighted by atomic mass is 16.2. The Hall–Kier alpha value is -3.08. The summed E-state index contributed by atoms with van der Waals surface area (Å²) in [6.45, 7) is 2.28. The Bertz CT molecular complexity index is 996. The predicted octanol–water partition coefficient (Wildman–Crippen LogP) is 4.08. The molecule has 2 N–H and O–H groups in total. The number of hydrogen-bond donors (Lipinski definition) is 2. The molecule has 1 fully saturated rings. The van der Waals surface area contributed by atoms with Gasteiger partial charge in [-0.2, -0.15) is 0 Å². The standard InChI is InChI=1S/C24H27N3O2/c1-17(28)23(15-19-16-25-22-12-6-5-11-21(19)22)26-24(29)27-13-7-10-20(27)14-18-8-3-2-4-9-18/h2-6,8-9,11-12,16,20,23,25H,7,10,13-15H2,1H3,(H,26,29). The van der Waals surface area contributed by atoms with E-state index in [1.54, 1.807) is 6.92 Å². The summed E-state index contributed by atoms with van der Waals surface area (Å²) in [4.78, 5) is 30.4. The molecule has 1 aromatic heterocycles. The van der Waals surface area contributed by atoms with Crippen molar-refractivity contribution in [3.8, 4) is 0 Å². The van der Waals surface area contributed by atoms with Gasteiger partial charge in [0.2, 0.25) is 0 Å². The topological polar surface area (TPSA) is 65.2 Å². The zero-order valence-electron chi connectivity index (χ0n) is 16.7. The molecule has 29 heavy (non-hydrogen) atoms. The summed E-state index contributed by atoms with van der Waals surface area (Å²) in [6, 6.07) is 17.8. The second kappa shape index (κ2) is 8.52. The van der Waals surface area contributed by atoms with E-state index >= 15 is 0 Å². The molecule has 3 aromatic rings. The predicted molar refractivity (Wildman–Crippen MR) is 115 cm³/mol. The van der Waals surface area contributed by atoms with Gasteiger partial charge in [-0.05, 0) is 43.4 Å². The molecule has 2 unspecified atom stereocenters. The minimum atomic E-state index is -0.528. The van der Waals surface area contributed by atoms with E-state index in [9.17, 15) is 9.59 Å². The first-order valence-electron chi connectivity index (χ1n) is 10.3. The van der Waals surface area contributed by atoms with Crippen molar-refractivity contribution in [1.29, 1.82) is 0 Å². The molecule has 2 atom stereocenters. The van der Waals surface area contributed by atoms with E-state index < -0.39 is 6.04 Å². The average Bonchev–Trinajstić information content (AvgIpc) is 3.35. The average molecular weight is 389 g/mol. The number of likely N-dealkylation sites (tertiary alicyclic amines) is 1. The summed E-state index contributed by atoms with van der Waals surface area (Å²) in [5.74, 6) is -0.0255. The number of H-pyrrole nitrogens is 1. The number of rotatable bonds is 6. The van der Waals surface area contributed by atoms with Gasteiger partial charge >= 0.3 is 6.03 Å². The van der Waals surface area contributed by atoms with Crippen molar-refractivity contribution in [3.63, 3.8) is 0 Å². The lowest BCUT2D eigenvalue weighted by molar-refractivity contribution is -0.118. The molecule has 1 aliphatic rings. The Balaban J connectivity index is 1.45. The normalized spacial score (nSPS) is 17.4. The maximum Gasteiger partial charge on any atom is 0.318 e. The second-order valence-corrected chi connectivity index (χ2v) is 7.86. The monoisotopic (exact) mass is 389 g/mol. The summed E-state index contributed by atoms with van der Waals surface area (Å²) in [5, 5.41) is 4.09. The van der Waals surface area contributed by atoms with Crippen LogP contribution in [0.1, 0.15) is 30.9 Å². The number of para-hydroxylation sites is 1. The lowest BCUT2D eigenvalue weighted by Crippen LogP contribution is -2.50. The number of carbonyl (C=O) groups is 2. The van der Waals surface area contributed by atoms with Gasteiger partial charge in [0.15, 0.2) is 5.78 Å². The van der Waals surface area contributed by atoms with Gasteiger partial charge < -0.3 is 15.2 Å². The minimum Gasteiger partial charge on any atom is -0.361 e. The third-order valence-corrected chi connectivity index (χ3v) is 5.84. The number of aromatic nitrogens is 1. The van der Waals surface area contributed by atoms with E-state index in [1.807, 2.05) is 53.6 Å². The van der Waals surface area contributed by atoms with Crippen LogP contribution < -0.4 is 5.32 Å². The molecule has 5 nitrogen and oxygen atoms in total. The van der Waals surface area contributed by atoms with Crippen LogP contribution in [-0.2, 0) is 17.6 Å². The Morgan fingerprint density at radius 3 is 2.69 bits per heavy atom. The largest absolute Gasteiger partial charge is 0.361 e. The highest BCUT2D eigenvalue weighted by Gasteiger charge is 2.31. The van der Waals surface area contributed by atoms with E-state index in [1.165, 1.54) is 5.56 Å². The fraction of sp³-hybridized carbons (Fsp3) is 0.333. The Labute approximate surface area is 171 Å². The lowest BCUT2D eigenvalue weighted by atomic mass is 10.0.